The molecular weight excluding hydrogens is 426 g/mol. The Morgan fingerprint density at radius 1 is 1.15 bits per heavy atom. The van der Waals surface area contributed by atoms with Gasteiger partial charge in [0.1, 0.15) is 4.47 Å². The Kier molecular flexibility index (Phi) is 5.26. The smallest absolute Gasteiger partial charge is 0.286 e. The quantitative estimate of drug-likeness (QED) is 0.589. The molecule has 4 nitrogen and oxygen atoms in total. The number of benzene rings is 2. The number of nitrogens with one attached hydrogen (secondary N) is 1. The Hall–Kier alpha value is -1.82. The largest absolute Gasteiger partial charge is 0.304 e. The van der Waals surface area contributed by atoms with Crippen molar-refractivity contribution in [2.24, 2.45) is 13.0 Å². The lowest BCUT2D eigenvalue weighted by Crippen LogP contribution is -2.25. The lowest BCUT2D eigenvalue weighted by molar-refractivity contribution is 0.463. The molecule has 3 aromatic rings. The number of nitrogens with zero attached hydrogens (tertiary/aromatic N) is 2. The van der Waals surface area contributed by atoms with E-state index < -0.39 is 0 Å². The van der Waals surface area contributed by atoms with E-state index in [1.54, 1.807) is 4.68 Å². The molecule has 0 spiro atoms. The van der Waals surface area contributed by atoms with Crippen LogP contribution in [0.2, 0.25) is 5.02 Å². The SMILES string of the molecule is Cn1c(CNC(c2ccc(Cl)cc2)C2CC2)c(Br)c(=O)n1-c1ccccc1. The maximum Gasteiger partial charge on any atom is 0.286 e. The molecule has 27 heavy (non-hydrogen) atoms. The van der Waals surface area contributed by atoms with Crippen molar-refractivity contribution in [2.75, 3.05) is 0 Å². The van der Waals surface area contributed by atoms with Crippen molar-refractivity contribution in [1.82, 2.24) is 14.7 Å². The van der Waals surface area contributed by atoms with Crippen LogP contribution >= 0.6 is 27.5 Å². The highest BCUT2D eigenvalue weighted by Gasteiger charge is 2.32. The van der Waals surface area contributed by atoms with Gasteiger partial charge in [0.25, 0.3) is 5.56 Å². The highest BCUT2D eigenvalue weighted by Crippen LogP contribution is 2.41. The summed E-state index contributed by atoms with van der Waals surface area (Å²) in [5.41, 5.74) is 2.98. The van der Waals surface area contributed by atoms with E-state index in [9.17, 15) is 4.79 Å². The first-order valence-corrected chi connectivity index (χ1v) is 10.2. The van der Waals surface area contributed by atoms with E-state index in [0.717, 1.165) is 16.4 Å². The molecule has 1 atom stereocenters. The minimum Gasteiger partial charge on any atom is -0.304 e. The van der Waals surface area contributed by atoms with Crippen LogP contribution in [-0.4, -0.2) is 9.36 Å². The molecule has 1 heterocycles. The van der Waals surface area contributed by atoms with Crippen molar-refractivity contribution in [2.45, 2.75) is 25.4 Å². The van der Waals surface area contributed by atoms with E-state index in [1.807, 2.05) is 54.2 Å². The average molecular weight is 447 g/mol. The van der Waals surface area contributed by atoms with Crippen LogP contribution in [0.4, 0.5) is 0 Å². The summed E-state index contributed by atoms with van der Waals surface area (Å²) in [7, 11) is 1.92. The minimum atomic E-state index is -0.0463. The van der Waals surface area contributed by atoms with E-state index in [2.05, 4.69) is 33.4 Å². The molecule has 1 unspecified atom stereocenters. The highest BCUT2D eigenvalue weighted by molar-refractivity contribution is 9.10. The van der Waals surface area contributed by atoms with Gasteiger partial charge in [0.05, 0.1) is 11.4 Å². The maximum absolute atomic E-state index is 12.8. The summed E-state index contributed by atoms with van der Waals surface area (Å²) in [5.74, 6) is 0.637. The van der Waals surface area contributed by atoms with Crippen molar-refractivity contribution in [1.29, 1.82) is 0 Å². The fourth-order valence-corrected chi connectivity index (χ4v) is 4.22. The van der Waals surface area contributed by atoms with Crippen LogP contribution in [0.1, 0.15) is 30.1 Å². The predicted molar refractivity (Wildman–Crippen MR) is 112 cm³/mol. The summed E-state index contributed by atoms with van der Waals surface area (Å²) in [4.78, 5) is 12.8. The van der Waals surface area contributed by atoms with Crippen molar-refractivity contribution in [3.8, 4) is 5.69 Å². The van der Waals surface area contributed by atoms with Gasteiger partial charge in [-0.1, -0.05) is 41.9 Å². The number of rotatable bonds is 6. The monoisotopic (exact) mass is 445 g/mol. The zero-order valence-electron chi connectivity index (χ0n) is 15.0. The third-order valence-corrected chi connectivity index (χ3v) is 6.19. The number of hydrogen-bond acceptors (Lipinski definition) is 2. The van der Waals surface area contributed by atoms with Crippen LogP contribution in [0, 0.1) is 5.92 Å². The molecule has 2 aromatic carbocycles. The average Bonchev–Trinajstić information content (AvgIpc) is 3.48. The second-order valence-corrected chi connectivity index (χ2v) is 8.21. The summed E-state index contributed by atoms with van der Waals surface area (Å²) < 4.78 is 4.21. The van der Waals surface area contributed by atoms with E-state index in [4.69, 9.17) is 11.6 Å². The fraction of sp³-hybridized carbons (Fsp3) is 0.286. The van der Waals surface area contributed by atoms with Gasteiger partial charge in [-0.25, -0.2) is 4.68 Å². The molecule has 1 aliphatic rings. The molecule has 1 saturated carbocycles. The zero-order valence-corrected chi connectivity index (χ0v) is 17.4. The molecule has 4 rings (SSSR count). The summed E-state index contributed by atoms with van der Waals surface area (Å²) in [5, 5.41) is 4.41. The lowest BCUT2D eigenvalue weighted by Gasteiger charge is -2.19. The highest BCUT2D eigenvalue weighted by atomic mass is 79.9. The van der Waals surface area contributed by atoms with Crippen molar-refractivity contribution < 1.29 is 0 Å². The topological polar surface area (TPSA) is 39.0 Å². The van der Waals surface area contributed by atoms with Crippen LogP contribution in [0.3, 0.4) is 0 Å². The predicted octanol–water partition coefficient (Wildman–Crippen LogP) is 4.83. The van der Waals surface area contributed by atoms with Gasteiger partial charge < -0.3 is 5.32 Å². The maximum atomic E-state index is 12.8. The van der Waals surface area contributed by atoms with Gasteiger partial charge in [0.2, 0.25) is 0 Å². The normalized spacial score (nSPS) is 15.1. The number of para-hydroxylation sites is 1. The van der Waals surface area contributed by atoms with Gasteiger partial charge in [-0.15, -0.1) is 0 Å². The van der Waals surface area contributed by atoms with Crippen LogP contribution in [0.5, 0.6) is 0 Å². The van der Waals surface area contributed by atoms with E-state index >= 15 is 0 Å². The first-order chi connectivity index (χ1) is 13.1. The summed E-state index contributed by atoms with van der Waals surface area (Å²) in [6, 6.07) is 18.0. The summed E-state index contributed by atoms with van der Waals surface area (Å²) >= 11 is 9.54. The number of aromatic nitrogens is 2. The van der Waals surface area contributed by atoms with Gasteiger partial charge in [0, 0.05) is 24.7 Å². The Bertz CT molecular complexity index is 991. The molecule has 0 radical (unpaired) electrons. The first-order valence-electron chi connectivity index (χ1n) is 9.07. The third-order valence-electron chi connectivity index (χ3n) is 5.14. The molecule has 1 N–H and O–H groups in total. The Morgan fingerprint density at radius 3 is 2.44 bits per heavy atom. The van der Waals surface area contributed by atoms with Gasteiger partial charge in [-0.3, -0.25) is 9.48 Å². The third kappa shape index (κ3) is 3.77. The summed E-state index contributed by atoms with van der Waals surface area (Å²) in [6.45, 7) is 0.607. The second-order valence-electron chi connectivity index (χ2n) is 6.98. The Labute approximate surface area is 171 Å². The van der Waals surface area contributed by atoms with Crippen LogP contribution in [-0.2, 0) is 13.6 Å². The van der Waals surface area contributed by atoms with E-state index in [0.29, 0.717) is 16.9 Å². The van der Waals surface area contributed by atoms with E-state index in [1.165, 1.54) is 18.4 Å². The molecule has 0 saturated heterocycles. The van der Waals surface area contributed by atoms with Gasteiger partial charge in [-0.05, 0) is 64.5 Å². The lowest BCUT2D eigenvalue weighted by atomic mass is 10.0. The van der Waals surface area contributed by atoms with Crippen LogP contribution < -0.4 is 10.9 Å². The molecule has 140 valence electrons. The molecular formula is C21H21BrClN3O. The van der Waals surface area contributed by atoms with Gasteiger partial charge in [0.15, 0.2) is 0 Å². The van der Waals surface area contributed by atoms with Gasteiger partial charge >= 0.3 is 0 Å². The Morgan fingerprint density at radius 2 is 1.81 bits per heavy atom. The molecule has 0 aliphatic heterocycles. The molecule has 1 aliphatic carbocycles. The van der Waals surface area contributed by atoms with Crippen LogP contribution in [0.15, 0.2) is 63.9 Å². The first kappa shape index (κ1) is 18.5. The van der Waals surface area contributed by atoms with Crippen LogP contribution in [0.25, 0.3) is 5.69 Å². The molecule has 1 aromatic heterocycles. The van der Waals surface area contributed by atoms with Crippen molar-refractivity contribution in [3.05, 3.63) is 85.7 Å². The zero-order chi connectivity index (χ0) is 19.0. The molecule has 6 heteroatoms. The summed E-state index contributed by atoms with van der Waals surface area (Å²) in [6.07, 6.45) is 2.46. The van der Waals surface area contributed by atoms with Gasteiger partial charge in [-0.2, -0.15) is 0 Å². The van der Waals surface area contributed by atoms with E-state index in [-0.39, 0.29) is 11.6 Å². The second kappa shape index (κ2) is 7.66. The fourth-order valence-electron chi connectivity index (χ4n) is 3.53. The minimum absolute atomic E-state index is 0.0463. The Balaban J connectivity index is 1.61. The van der Waals surface area contributed by atoms with Crippen molar-refractivity contribution >= 4 is 27.5 Å². The number of halogens is 2. The number of hydrogen-bond donors (Lipinski definition) is 1. The molecule has 0 bridgehead atoms. The van der Waals surface area contributed by atoms with Crippen molar-refractivity contribution in [3.63, 3.8) is 0 Å². The standard InChI is InChI=1S/C21H21BrClN3O/c1-25-18(19(22)21(27)26(25)17-5-3-2-4-6-17)13-24-20(14-7-8-14)15-9-11-16(23)12-10-15/h2-6,9-12,14,20,24H,7-8,13H2,1H3. The molecule has 1 fully saturated rings. The molecule has 0 amide bonds.